The Labute approximate surface area is 145 Å². The van der Waals surface area contributed by atoms with Gasteiger partial charge in [-0.3, -0.25) is 0 Å². The minimum atomic E-state index is 0.840. The Morgan fingerprint density at radius 3 is 2.39 bits per heavy atom. The van der Waals surface area contributed by atoms with Crippen LogP contribution in [0.1, 0.15) is 84.1 Å². The molecule has 1 aromatic carbocycles. The normalized spacial score (nSPS) is 14.2. The van der Waals surface area contributed by atoms with Gasteiger partial charge in [0.2, 0.25) is 0 Å². The molecule has 130 valence electrons. The van der Waals surface area contributed by atoms with Gasteiger partial charge in [0, 0.05) is 0 Å². The highest BCUT2D eigenvalue weighted by atomic mass is 14.2. The van der Waals surface area contributed by atoms with Crippen LogP contribution in [0.2, 0.25) is 0 Å². The van der Waals surface area contributed by atoms with Gasteiger partial charge in [0.15, 0.2) is 0 Å². The van der Waals surface area contributed by atoms with Gasteiger partial charge in [-0.25, -0.2) is 0 Å². The van der Waals surface area contributed by atoms with Gasteiger partial charge in [0.25, 0.3) is 0 Å². The second kappa shape index (κ2) is 13.4. The Morgan fingerprint density at radius 1 is 0.913 bits per heavy atom. The lowest BCUT2D eigenvalue weighted by Crippen LogP contribution is -2.10. The first kappa shape index (κ1) is 20.0. The van der Waals surface area contributed by atoms with E-state index in [1.807, 2.05) is 0 Å². The van der Waals surface area contributed by atoms with Gasteiger partial charge >= 0.3 is 0 Å². The fourth-order valence-electron chi connectivity index (χ4n) is 3.39. The Morgan fingerprint density at radius 2 is 1.70 bits per heavy atom. The number of unbranched alkanes of at least 4 members (excludes halogenated alkanes) is 4. The lowest BCUT2D eigenvalue weighted by Gasteiger charge is -2.21. The molecule has 0 aromatic heterocycles. The largest absolute Gasteiger partial charge is 0.0885 e. The number of hydrogen-bond donors (Lipinski definition) is 0. The van der Waals surface area contributed by atoms with E-state index in [0.29, 0.717) is 0 Å². The molecule has 0 fully saturated rings. The molecule has 0 aliphatic heterocycles. The molecule has 1 rings (SSSR count). The quantitative estimate of drug-likeness (QED) is 0.260. The molecule has 0 bridgehead atoms. The number of hydrogen-bond acceptors (Lipinski definition) is 0. The third kappa shape index (κ3) is 9.64. The summed E-state index contributed by atoms with van der Waals surface area (Å²) in [7, 11) is 0. The van der Waals surface area contributed by atoms with Gasteiger partial charge in [0.05, 0.1) is 0 Å². The van der Waals surface area contributed by atoms with Gasteiger partial charge < -0.3 is 0 Å². The van der Waals surface area contributed by atoms with Gasteiger partial charge in [-0.15, -0.1) is 0 Å². The van der Waals surface area contributed by atoms with E-state index in [-0.39, 0.29) is 0 Å². The molecule has 0 N–H and O–H groups in total. The minimum absolute atomic E-state index is 0.840. The Bertz CT molecular complexity index is 390. The Kier molecular flexibility index (Phi) is 11.7. The third-order valence-corrected chi connectivity index (χ3v) is 5.11. The molecule has 0 aliphatic carbocycles. The molecule has 0 radical (unpaired) electrons. The zero-order chi connectivity index (χ0) is 16.8. The molecule has 0 heteroatoms. The fourth-order valence-corrected chi connectivity index (χ4v) is 3.39. The van der Waals surface area contributed by atoms with Gasteiger partial charge in [-0.05, 0) is 43.1 Å². The van der Waals surface area contributed by atoms with E-state index in [0.717, 1.165) is 11.8 Å². The highest BCUT2D eigenvalue weighted by Crippen LogP contribution is 2.25. The van der Waals surface area contributed by atoms with Crippen LogP contribution in [0.3, 0.4) is 0 Å². The number of aryl methyl sites for hydroxylation is 1. The molecule has 0 heterocycles. The maximum Gasteiger partial charge on any atom is -0.0279 e. The molecule has 0 amide bonds. The summed E-state index contributed by atoms with van der Waals surface area (Å²) < 4.78 is 0. The highest BCUT2D eigenvalue weighted by Gasteiger charge is 2.13. The topological polar surface area (TPSA) is 0 Å². The van der Waals surface area contributed by atoms with E-state index in [9.17, 15) is 0 Å². The summed E-state index contributed by atoms with van der Waals surface area (Å²) in [4.78, 5) is 0. The summed E-state index contributed by atoms with van der Waals surface area (Å²) in [6.07, 6.45) is 18.1. The molecular weight excluding hydrogens is 276 g/mol. The summed E-state index contributed by atoms with van der Waals surface area (Å²) in [5, 5.41) is 0. The second-order valence-corrected chi connectivity index (χ2v) is 7.08. The van der Waals surface area contributed by atoms with Crippen molar-refractivity contribution in [3.63, 3.8) is 0 Å². The smallest absolute Gasteiger partial charge is 0.0279 e. The van der Waals surface area contributed by atoms with Gasteiger partial charge in [-0.2, -0.15) is 0 Å². The van der Waals surface area contributed by atoms with Crippen molar-refractivity contribution in [1.29, 1.82) is 0 Å². The van der Waals surface area contributed by atoms with E-state index in [4.69, 9.17) is 0 Å². The molecule has 23 heavy (non-hydrogen) atoms. The lowest BCUT2D eigenvalue weighted by molar-refractivity contribution is 0.317. The standard InChI is InChI=1S/C23H38/c1-4-6-7-8-11-16-21(3)23(5-2)20-15-10-14-19-22-17-12-9-13-18-22/h8-9,11-13,17-18,21,23H,4-7,10,14-16,19-20H2,1-3H3/b11-8-/t21-,23?/m1/s1. The minimum Gasteiger partial charge on any atom is -0.0885 e. The van der Waals surface area contributed by atoms with E-state index in [1.54, 1.807) is 0 Å². The predicted molar refractivity (Wildman–Crippen MR) is 105 cm³/mol. The average Bonchev–Trinajstić information content (AvgIpc) is 2.58. The van der Waals surface area contributed by atoms with Crippen LogP contribution in [-0.4, -0.2) is 0 Å². The monoisotopic (exact) mass is 314 g/mol. The maximum atomic E-state index is 2.45. The molecule has 0 saturated carbocycles. The predicted octanol–water partition coefficient (Wildman–Crippen LogP) is 7.59. The Balaban J connectivity index is 2.13. The van der Waals surface area contributed by atoms with Crippen LogP contribution in [0.4, 0.5) is 0 Å². The highest BCUT2D eigenvalue weighted by molar-refractivity contribution is 5.14. The zero-order valence-corrected chi connectivity index (χ0v) is 15.8. The number of rotatable bonds is 13. The van der Waals surface area contributed by atoms with Crippen molar-refractivity contribution in [2.24, 2.45) is 11.8 Å². The van der Waals surface area contributed by atoms with Crippen LogP contribution in [-0.2, 0) is 6.42 Å². The van der Waals surface area contributed by atoms with Crippen molar-refractivity contribution in [3.05, 3.63) is 48.0 Å². The maximum absolute atomic E-state index is 2.45. The van der Waals surface area contributed by atoms with Crippen molar-refractivity contribution < 1.29 is 0 Å². The molecule has 0 nitrogen and oxygen atoms in total. The molecule has 2 atom stereocenters. The van der Waals surface area contributed by atoms with Crippen LogP contribution in [0.25, 0.3) is 0 Å². The van der Waals surface area contributed by atoms with E-state index < -0.39 is 0 Å². The summed E-state index contributed by atoms with van der Waals surface area (Å²) in [6.45, 7) is 7.08. The van der Waals surface area contributed by atoms with E-state index in [1.165, 1.54) is 69.8 Å². The SMILES string of the molecule is CCCC/C=C\C[C@@H](C)C(CC)CCCCCc1ccccc1. The van der Waals surface area contributed by atoms with E-state index in [2.05, 4.69) is 63.3 Å². The van der Waals surface area contributed by atoms with Crippen LogP contribution in [0, 0.1) is 11.8 Å². The van der Waals surface area contributed by atoms with Gasteiger partial charge in [-0.1, -0.05) is 102 Å². The van der Waals surface area contributed by atoms with Crippen LogP contribution >= 0.6 is 0 Å². The summed E-state index contributed by atoms with van der Waals surface area (Å²) >= 11 is 0. The number of allylic oxidation sites excluding steroid dienone is 2. The number of benzene rings is 1. The molecule has 0 saturated heterocycles. The van der Waals surface area contributed by atoms with Crippen molar-refractivity contribution >= 4 is 0 Å². The lowest BCUT2D eigenvalue weighted by atomic mass is 9.84. The zero-order valence-electron chi connectivity index (χ0n) is 15.8. The van der Waals surface area contributed by atoms with Gasteiger partial charge in [0.1, 0.15) is 0 Å². The van der Waals surface area contributed by atoms with Crippen LogP contribution < -0.4 is 0 Å². The first-order valence-electron chi connectivity index (χ1n) is 9.96. The fraction of sp³-hybridized carbons (Fsp3) is 0.652. The molecule has 0 spiro atoms. The van der Waals surface area contributed by atoms with Crippen LogP contribution in [0.15, 0.2) is 42.5 Å². The van der Waals surface area contributed by atoms with E-state index >= 15 is 0 Å². The van der Waals surface area contributed by atoms with Crippen molar-refractivity contribution in [2.75, 3.05) is 0 Å². The Hall–Kier alpha value is -1.04. The first-order valence-corrected chi connectivity index (χ1v) is 9.96. The molecule has 1 aromatic rings. The van der Waals surface area contributed by atoms with Crippen molar-refractivity contribution in [3.8, 4) is 0 Å². The third-order valence-electron chi connectivity index (χ3n) is 5.11. The second-order valence-electron chi connectivity index (χ2n) is 7.08. The average molecular weight is 315 g/mol. The molecular formula is C23H38. The first-order chi connectivity index (χ1) is 11.3. The molecule has 1 unspecified atom stereocenters. The summed E-state index contributed by atoms with van der Waals surface area (Å²) in [5.74, 6) is 1.74. The van der Waals surface area contributed by atoms with Crippen molar-refractivity contribution in [1.82, 2.24) is 0 Å². The van der Waals surface area contributed by atoms with Crippen LogP contribution in [0.5, 0.6) is 0 Å². The molecule has 0 aliphatic rings. The summed E-state index contributed by atoms with van der Waals surface area (Å²) in [6, 6.07) is 10.9. The van der Waals surface area contributed by atoms with Crippen molar-refractivity contribution in [2.45, 2.75) is 85.0 Å². The summed E-state index contributed by atoms with van der Waals surface area (Å²) in [5.41, 5.74) is 1.49.